The molecule has 0 radical (unpaired) electrons. The fourth-order valence-electron chi connectivity index (χ4n) is 2.96. The van der Waals surface area contributed by atoms with Gasteiger partial charge in [-0.1, -0.05) is 25.1 Å². The predicted octanol–water partition coefficient (Wildman–Crippen LogP) is 2.50. The number of carbonyl (C=O) groups is 1. The summed E-state index contributed by atoms with van der Waals surface area (Å²) in [5, 5.41) is 3.26. The highest BCUT2D eigenvalue weighted by Crippen LogP contribution is 2.40. The van der Waals surface area contributed by atoms with Crippen molar-refractivity contribution in [2.24, 2.45) is 5.92 Å². The maximum Gasteiger partial charge on any atom is 0.157 e. The normalized spacial score (nSPS) is 28.2. The number of ether oxygens (including phenoxy) is 1. The van der Waals surface area contributed by atoms with Crippen LogP contribution in [0.1, 0.15) is 31.7 Å². The van der Waals surface area contributed by atoms with Crippen LogP contribution in [0.3, 0.4) is 0 Å². The third-order valence-corrected chi connectivity index (χ3v) is 3.99. The van der Waals surface area contributed by atoms with Crippen molar-refractivity contribution in [1.82, 2.24) is 5.32 Å². The van der Waals surface area contributed by atoms with Crippen LogP contribution in [0.2, 0.25) is 0 Å². The summed E-state index contributed by atoms with van der Waals surface area (Å²) in [4.78, 5) is 12.4. The van der Waals surface area contributed by atoms with Crippen molar-refractivity contribution in [1.29, 1.82) is 0 Å². The molecule has 3 nitrogen and oxygen atoms in total. The lowest BCUT2D eigenvalue weighted by molar-refractivity contribution is -0.129. The van der Waals surface area contributed by atoms with Gasteiger partial charge in [-0.15, -0.1) is 0 Å². The van der Waals surface area contributed by atoms with E-state index in [0.29, 0.717) is 12.3 Å². The highest BCUT2D eigenvalue weighted by Gasteiger charge is 2.43. The number of rotatable bonds is 3. The lowest BCUT2D eigenvalue weighted by atomic mass is 9.71. The quantitative estimate of drug-likeness (QED) is 0.892. The largest absolute Gasteiger partial charge is 0.496 e. The van der Waals surface area contributed by atoms with Gasteiger partial charge in [0.1, 0.15) is 11.3 Å². The average Bonchev–Trinajstić information content (AvgIpc) is 2.41. The molecule has 1 saturated carbocycles. The van der Waals surface area contributed by atoms with Crippen LogP contribution in [-0.4, -0.2) is 19.9 Å². The van der Waals surface area contributed by atoms with E-state index in [4.69, 9.17) is 4.74 Å². The van der Waals surface area contributed by atoms with E-state index < -0.39 is 5.54 Å². The first kappa shape index (κ1) is 13.1. The number of methoxy groups -OCH3 is 1. The molecule has 0 spiro atoms. The SMILES string of the molecule is CN[C@]1(c2ccccc2OC)C[C@H](C)CCC1=O. The molecule has 1 aromatic rings. The lowest BCUT2D eigenvalue weighted by Gasteiger charge is -2.39. The van der Waals surface area contributed by atoms with Gasteiger partial charge in [0.15, 0.2) is 5.78 Å². The van der Waals surface area contributed by atoms with Gasteiger partial charge in [-0.25, -0.2) is 0 Å². The minimum atomic E-state index is -0.579. The van der Waals surface area contributed by atoms with E-state index in [1.54, 1.807) is 7.11 Å². The molecule has 2 rings (SSSR count). The van der Waals surface area contributed by atoms with Crippen molar-refractivity contribution in [3.8, 4) is 5.75 Å². The summed E-state index contributed by atoms with van der Waals surface area (Å²) >= 11 is 0. The Morgan fingerprint density at radius 2 is 2.11 bits per heavy atom. The lowest BCUT2D eigenvalue weighted by Crippen LogP contribution is -2.51. The molecule has 1 N–H and O–H groups in total. The number of hydrogen-bond donors (Lipinski definition) is 1. The smallest absolute Gasteiger partial charge is 0.157 e. The maximum atomic E-state index is 12.4. The molecular weight excluding hydrogens is 226 g/mol. The molecule has 1 aliphatic rings. The monoisotopic (exact) mass is 247 g/mol. The molecule has 1 aliphatic carbocycles. The van der Waals surface area contributed by atoms with E-state index in [0.717, 1.165) is 24.2 Å². The number of benzene rings is 1. The highest BCUT2D eigenvalue weighted by molar-refractivity contribution is 5.91. The van der Waals surface area contributed by atoms with Gasteiger partial charge >= 0.3 is 0 Å². The molecule has 0 aromatic heterocycles. The number of para-hydroxylation sites is 1. The van der Waals surface area contributed by atoms with Gasteiger partial charge < -0.3 is 10.1 Å². The van der Waals surface area contributed by atoms with Crippen molar-refractivity contribution >= 4 is 5.78 Å². The zero-order chi connectivity index (χ0) is 13.2. The second kappa shape index (κ2) is 5.11. The summed E-state index contributed by atoms with van der Waals surface area (Å²) in [6.07, 6.45) is 2.46. The van der Waals surface area contributed by atoms with Crippen LogP contribution in [0.25, 0.3) is 0 Å². The molecule has 2 atom stereocenters. The van der Waals surface area contributed by atoms with E-state index in [1.165, 1.54) is 0 Å². The van der Waals surface area contributed by atoms with E-state index in [-0.39, 0.29) is 5.78 Å². The Hall–Kier alpha value is -1.35. The first-order valence-corrected chi connectivity index (χ1v) is 6.49. The molecule has 3 heteroatoms. The number of nitrogens with one attached hydrogen (secondary N) is 1. The van der Waals surface area contributed by atoms with E-state index >= 15 is 0 Å². The number of Topliss-reactive ketones (excluding diaryl/α,β-unsaturated/α-hetero) is 1. The molecule has 1 fully saturated rings. The molecule has 18 heavy (non-hydrogen) atoms. The minimum Gasteiger partial charge on any atom is -0.496 e. The molecule has 0 amide bonds. The highest BCUT2D eigenvalue weighted by atomic mass is 16.5. The summed E-state index contributed by atoms with van der Waals surface area (Å²) in [6.45, 7) is 2.20. The Bertz CT molecular complexity index is 444. The van der Waals surface area contributed by atoms with Crippen LogP contribution in [0, 0.1) is 5.92 Å². The zero-order valence-electron chi connectivity index (χ0n) is 11.3. The Kier molecular flexibility index (Phi) is 3.71. The third-order valence-electron chi connectivity index (χ3n) is 3.99. The van der Waals surface area contributed by atoms with E-state index in [1.807, 2.05) is 31.3 Å². The number of hydrogen-bond acceptors (Lipinski definition) is 3. The van der Waals surface area contributed by atoms with E-state index in [2.05, 4.69) is 12.2 Å². The number of ketones is 1. The van der Waals surface area contributed by atoms with Crippen LogP contribution in [0.15, 0.2) is 24.3 Å². The Balaban J connectivity index is 2.51. The summed E-state index contributed by atoms with van der Waals surface area (Å²) in [6, 6.07) is 7.80. The molecule has 0 heterocycles. The second-order valence-electron chi connectivity index (χ2n) is 5.13. The van der Waals surface area contributed by atoms with Gasteiger partial charge in [-0.05, 0) is 31.9 Å². The number of carbonyl (C=O) groups excluding carboxylic acids is 1. The van der Waals surface area contributed by atoms with Gasteiger partial charge in [-0.2, -0.15) is 0 Å². The summed E-state index contributed by atoms with van der Waals surface area (Å²) < 4.78 is 5.42. The third kappa shape index (κ3) is 2.03. The molecule has 0 aliphatic heterocycles. The molecule has 0 bridgehead atoms. The molecule has 0 unspecified atom stereocenters. The van der Waals surface area contributed by atoms with E-state index in [9.17, 15) is 4.79 Å². The average molecular weight is 247 g/mol. The van der Waals surface area contributed by atoms with Gasteiger partial charge in [-0.3, -0.25) is 4.79 Å². The van der Waals surface area contributed by atoms with Crippen molar-refractivity contribution in [3.05, 3.63) is 29.8 Å². The standard InChI is InChI=1S/C15H21NO2/c1-11-8-9-14(17)15(10-11,16-2)12-6-4-5-7-13(12)18-3/h4-7,11,16H,8-10H2,1-3H3/t11-,15+/m1/s1. The molecular formula is C15H21NO2. The van der Waals surface area contributed by atoms with Crippen LogP contribution < -0.4 is 10.1 Å². The molecule has 0 saturated heterocycles. The van der Waals surface area contributed by atoms with Crippen LogP contribution in [0.4, 0.5) is 0 Å². The molecule has 1 aromatic carbocycles. The van der Waals surface area contributed by atoms with Gasteiger partial charge in [0.25, 0.3) is 0 Å². The molecule has 98 valence electrons. The Morgan fingerprint density at radius 1 is 1.39 bits per heavy atom. The van der Waals surface area contributed by atoms with Crippen molar-refractivity contribution in [2.75, 3.05) is 14.2 Å². The Morgan fingerprint density at radius 3 is 2.78 bits per heavy atom. The van der Waals surface area contributed by atoms with Crippen LogP contribution in [-0.2, 0) is 10.3 Å². The van der Waals surface area contributed by atoms with Gasteiger partial charge in [0.05, 0.1) is 7.11 Å². The first-order chi connectivity index (χ1) is 8.64. The topological polar surface area (TPSA) is 38.3 Å². The Labute approximate surface area is 109 Å². The summed E-state index contributed by atoms with van der Waals surface area (Å²) in [7, 11) is 3.52. The van der Waals surface area contributed by atoms with Gasteiger partial charge in [0, 0.05) is 12.0 Å². The van der Waals surface area contributed by atoms with Crippen LogP contribution in [0.5, 0.6) is 5.75 Å². The summed E-state index contributed by atoms with van der Waals surface area (Å²) in [5.74, 6) is 1.60. The maximum absolute atomic E-state index is 12.4. The zero-order valence-corrected chi connectivity index (χ0v) is 11.3. The number of likely N-dealkylation sites (N-methyl/N-ethyl adjacent to an activating group) is 1. The predicted molar refractivity (Wildman–Crippen MR) is 71.8 cm³/mol. The van der Waals surface area contributed by atoms with Crippen molar-refractivity contribution in [2.45, 2.75) is 31.7 Å². The fraction of sp³-hybridized carbons (Fsp3) is 0.533. The van der Waals surface area contributed by atoms with Crippen molar-refractivity contribution in [3.63, 3.8) is 0 Å². The van der Waals surface area contributed by atoms with Gasteiger partial charge in [0.2, 0.25) is 0 Å². The first-order valence-electron chi connectivity index (χ1n) is 6.49. The van der Waals surface area contributed by atoms with Crippen LogP contribution >= 0.6 is 0 Å². The fourth-order valence-corrected chi connectivity index (χ4v) is 2.96. The summed E-state index contributed by atoms with van der Waals surface area (Å²) in [5.41, 5.74) is 0.385. The minimum absolute atomic E-state index is 0.271. The van der Waals surface area contributed by atoms with Crippen molar-refractivity contribution < 1.29 is 9.53 Å². The second-order valence-corrected chi connectivity index (χ2v) is 5.13.